The minimum absolute atomic E-state index is 0.0629. The fourth-order valence-corrected chi connectivity index (χ4v) is 1.65. The zero-order valence-corrected chi connectivity index (χ0v) is 12.9. The molecule has 3 nitrogen and oxygen atoms in total. The van der Waals surface area contributed by atoms with E-state index in [0.717, 1.165) is 29.9 Å². The van der Waals surface area contributed by atoms with Gasteiger partial charge in [-0.1, -0.05) is 13.3 Å². The van der Waals surface area contributed by atoms with E-state index in [0.29, 0.717) is 13.2 Å². The maximum absolute atomic E-state index is 13.4. The topological polar surface area (TPSA) is 27.7 Å². The molecule has 0 fully saturated rings. The second kappa shape index (κ2) is 8.10. The van der Waals surface area contributed by atoms with Gasteiger partial charge in [0.2, 0.25) is 0 Å². The van der Waals surface area contributed by atoms with Crippen LogP contribution in [0, 0.1) is 0 Å². The molecule has 1 aromatic carbocycles. The Morgan fingerprint density at radius 2 is 2.00 bits per heavy atom. The molecule has 1 rings (SSSR count). The van der Waals surface area contributed by atoms with Crippen LogP contribution in [0.15, 0.2) is 18.2 Å². The number of unbranched alkanes of at least 4 members (excludes halogenated alkanes) is 1. The van der Waals surface area contributed by atoms with Crippen LogP contribution in [-0.2, 0) is 11.3 Å². The van der Waals surface area contributed by atoms with Gasteiger partial charge in [0.25, 0.3) is 0 Å². The largest absolute Gasteiger partial charge is 0.497 e. The number of ether oxygens (including phenoxy) is 3. The molecule has 0 saturated carbocycles. The second-order valence-electron chi connectivity index (χ2n) is 5.39. The van der Waals surface area contributed by atoms with Crippen molar-refractivity contribution in [1.82, 2.24) is 0 Å². The molecule has 114 valence electrons. The average molecular weight is 284 g/mol. The molecule has 0 aliphatic heterocycles. The number of rotatable bonds is 9. The van der Waals surface area contributed by atoms with Crippen LogP contribution >= 0.6 is 0 Å². The van der Waals surface area contributed by atoms with Gasteiger partial charge in [0.05, 0.1) is 26.9 Å². The average Bonchev–Trinajstić information content (AvgIpc) is 2.39. The Labute approximate surface area is 121 Å². The van der Waals surface area contributed by atoms with Crippen LogP contribution in [0.4, 0.5) is 4.39 Å². The molecular weight excluding hydrogens is 259 g/mol. The number of benzene rings is 1. The molecule has 0 amide bonds. The van der Waals surface area contributed by atoms with E-state index in [4.69, 9.17) is 14.2 Å². The summed E-state index contributed by atoms with van der Waals surface area (Å²) < 4.78 is 29.7. The minimum Gasteiger partial charge on any atom is -0.497 e. The maximum atomic E-state index is 13.4. The Morgan fingerprint density at radius 1 is 1.25 bits per heavy atom. The molecule has 0 saturated heterocycles. The van der Waals surface area contributed by atoms with Crippen molar-refractivity contribution >= 4 is 0 Å². The smallest absolute Gasteiger partial charge is 0.128 e. The van der Waals surface area contributed by atoms with Gasteiger partial charge in [-0.05, 0) is 32.4 Å². The lowest BCUT2D eigenvalue weighted by atomic mass is 10.2. The number of methoxy groups -OCH3 is 1. The van der Waals surface area contributed by atoms with Crippen LogP contribution in [0.1, 0.15) is 39.2 Å². The van der Waals surface area contributed by atoms with Crippen LogP contribution in [0.5, 0.6) is 11.5 Å². The molecule has 0 heterocycles. The first-order valence-corrected chi connectivity index (χ1v) is 7.02. The van der Waals surface area contributed by atoms with Crippen LogP contribution in [0.25, 0.3) is 0 Å². The predicted octanol–water partition coefficient (Wildman–Crippen LogP) is 4.14. The van der Waals surface area contributed by atoms with Gasteiger partial charge in [0.15, 0.2) is 0 Å². The van der Waals surface area contributed by atoms with E-state index in [9.17, 15) is 4.39 Å². The Morgan fingerprint density at radius 3 is 2.60 bits per heavy atom. The fraction of sp³-hybridized carbons (Fsp3) is 0.625. The minimum atomic E-state index is -1.32. The number of alkyl halides is 1. The van der Waals surface area contributed by atoms with Gasteiger partial charge >= 0.3 is 0 Å². The van der Waals surface area contributed by atoms with E-state index in [1.54, 1.807) is 7.11 Å². The summed E-state index contributed by atoms with van der Waals surface area (Å²) in [4.78, 5) is 0. The van der Waals surface area contributed by atoms with Crippen molar-refractivity contribution in [2.24, 2.45) is 0 Å². The molecule has 4 heteroatoms. The van der Waals surface area contributed by atoms with Gasteiger partial charge in [-0.15, -0.1) is 0 Å². The van der Waals surface area contributed by atoms with Crippen molar-refractivity contribution in [1.29, 1.82) is 0 Å². The molecule has 0 atom stereocenters. The first-order chi connectivity index (χ1) is 9.46. The number of hydrogen-bond acceptors (Lipinski definition) is 3. The van der Waals surface area contributed by atoms with Crippen molar-refractivity contribution in [2.75, 3.05) is 20.3 Å². The molecule has 0 bridgehead atoms. The highest BCUT2D eigenvalue weighted by atomic mass is 19.1. The quantitative estimate of drug-likeness (QED) is 0.638. The third-order valence-electron chi connectivity index (χ3n) is 2.73. The summed E-state index contributed by atoms with van der Waals surface area (Å²) in [5.41, 5.74) is -0.415. The second-order valence-corrected chi connectivity index (χ2v) is 5.39. The third kappa shape index (κ3) is 6.24. The standard InChI is InChI=1S/C16H25FO3/c1-5-6-9-20-15-10-14(18-4)8-7-13(15)11-19-12-16(2,3)17/h7-8,10H,5-6,9,11-12H2,1-4H3. The highest BCUT2D eigenvalue weighted by Crippen LogP contribution is 2.26. The van der Waals surface area contributed by atoms with Crippen molar-refractivity contribution in [3.63, 3.8) is 0 Å². The first kappa shape index (κ1) is 16.8. The molecule has 1 aromatic rings. The van der Waals surface area contributed by atoms with Crippen molar-refractivity contribution in [2.45, 2.75) is 45.9 Å². The summed E-state index contributed by atoms with van der Waals surface area (Å²) in [5, 5.41) is 0. The van der Waals surface area contributed by atoms with Gasteiger partial charge in [-0.25, -0.2) is 4.39 Å². The summed E-state index contributed by atoms with van der Waals surface area (Å²) in [5.74, 6) is 1.49. The summed E-state index contributed by atoms with van der Waals surface area (Å²) in [6.07, 6.45) is 2.07. The molecule has 0 N–H and O–H groups in total. The van der Waals surface area contributed by atoms with Crippen LogP contribution in [0.2, 0.25) is 0 Å². The third-order valence-corrected chi connectivity index (χ3v) is 2.73. The normalized spacial score (nSPS) is 11.4. The lowest BCUT2D eigenvalue weighted by Crippen LogP contribution is -2.20. The summed E-state index contributed by atoms with van der Waals surface area (Å²) in [7, 11) is 1.62. The van der Waals surface area contributed by atoms with E-state index in [1.165, 1.54) is 13.8 Å². The van der Waals surface area contributed by atoms with Crippen LogP contribution in [0.3, 0.4) is 0 Å². The molecule has 0 aromatic heterocycles. The Bertz CT molecular complexity index is 399. The van der Waals surface area contributed by atoms with E-state index in [-0.39, 0.29) is 6.61 Å². The molecule has 0 spiro atoms. The lowest BCUT2D eigenvalue weighted by Gasteiger charge is -2.16. The summed E-state index contributed by atoms with van der Waals surface area (Å²) in [6.45, 7) is 6.17. The molecular formula is C16H25FO3. The summed E-state index contributed by atoms with van der Waals surface area (Å²) >= 11 is 0. The van der Waals surface area contributed by atoms with Crippen molar-refractivity contribution in [3.05, 3.63) is 23.8 Å². The van der Waals surface area contributed by atoms with E-state index >= 15 is 0 Å². The van der Waals surface area contributed by atoms with Crippen LogP contribution < -0.4 is 9.47 Å². The number of halogens is 1. The first-order valence-electron chi connectivity index (χ1n) is 7.02. The molecule has 0 unspecified atom stereocenters. The Balaban J connectivity index is 2.67. The molecule has 0 radical (unpaired) electrons. The predicted molar refractivity (Wildman–Crippen MR) is 78.2 cm³/mol. The monoisotopic (exact) mass is 284 g/mol. The van der Waals surface area contributed by atoms with Gasteiger partial charge in [-0.3, -0.25) is 0 Å². The Hall–Kier alpha value is -1.29. The zero-order valence-electron chi connectivity index (χ0n) is 12.9. The molecule has 20 heavy (non-hydrogen) atoms. The fourth-order valence-electron chi connectivity index (χ4n) is 1.65. The maximum Gasteiger partial charge on any atom is 0.128 e. The van der Waals surface area contributed by atoms with E-state index in [2.05, 4.69) is 6.92 Å². The Kier molecular flexibility index (Phi) is 6.79. The molecule has 0 aliphatic rings. The van der Waals surface area contributed by atoms with Crippen molar-refractivity contribution < 1.29 is 18.6 Å². The highest BCUT2D eigenvalue weighted by Gasteiger charge is 2.16. The van der Waals surface area contributed by atoms with E-state index in [1.807, 2.05) is 18.2 Å². The van der Waals surface area contributed by atoms with Crippen molar-refractivity contribution in [3.8, 4) is 11.5 Å². The van der Waals surface area contributed by atoms with Gasteiger partial charge in [-0.2, -0.15) is 0 Å². The number of hydrogen-bond donors (Lipinski definition) is 0. The van der Waals surface area contributed by atoms with Gasteiger partial charge < -0.3 is 14.2 Å². The van der Waals surface area contributed by atoms with Gasteiger partial charge in [0.1, 0.15) is 17.2 Å². The highest BCUT2D eigenvalue weighted by molar-refractivity contribution is 5.40. The van der Waals surface area contributed by atoms with Gasteiger partial charge in [0, 0.05) is 11.6 Å². The lowest BCUT2D eigenvalue weighted by molar-refractivity contribution is 0.0268. The van der Waals surface area contributed by atoms with E-state index < -0.39 is 5.67 Å². The van der Waals surface area contributed by atoms with Crippen LogP contribution in [-0.4, -0.2) is 26.0 Å². The molecule has 0 aliphatic carbocycles. The zero-order chi connectivity index (χ0) is 15.0. The SMILES string of the molecule is CCCCOc1cc(OC)ccc1COCC(C)(C)F. The summed E-state index contributed by atoms with van der Waals surface area (Å²) in [6, 6.07) is 5.59.